The fourth-order valence-electron chi connectivity index (χ4n) is 5.52. The highest BCUT2D eigenvalue weighted by atomic mass is 35.5. The molecule has 2 heterocycles. The molecule has 5 rings (SSSR count). The fourth-order valence-corrected chi connectivity index (χ4v) is 7.89. The zero-order valence-electron chi connectivity index (χ0n) is 24.9. The third kappa shape index (κ3) is 6.57. The molecule has 1 aliphatic heterocycles. The van der Waals surface area contributed by atoms with Gasteiger partial charge in [0, 0.05) is 45.3 Å². The summed E-state index contributed by atoms with van der Waals surface area (Å²) in [6.45, 7) is 2.42. The van der Waals surface area contributed by atoms with Crippen LogP contribution < -0.4 is 14.4 Å². The van der Waals surface area contributed by atoms with E-state index in [1.165, 1.54) is 18.4 Å². The van der Waals surface area contributed by atoms with Crippen LogP contribution in [-0.4, -0.2) is 69.5 Å². The smallest absolute Gasteiger partial charge is 0.256 e. The topological polar surface area (TPSA) is 93.2 Å². The molecule has 11 heteroatoms. The molecule has 0 bridgehead atoms. The number of thiophene rings is 1. The Morgan fingerprint density at radius 2 is 1.77 bits per heavy atom. The number of methoxy groups -OCH3 is 2. The van der Waals surface area contributed by atoms with Gasteiger partial charge in [0.2, 0.25) is 0 Å². The predicted molar refractivity (Wildman–Crippen MR) is 176 cm³/mol. The number of hydrogen-bond donors (Lipinski definition) is 0. The lowest BCUT2D eigenvalue weighted by Gasteiger charge is -2.50. The minimum Gasteiger partial charge on any atom is -0.497 e. The second-order valence-corrected chi connectivity index (χ2v) is 14.6. The minimum absolute atomic E-state index is 0.0564. The van der Waals surface area contributed by atoms with Crippen LogP contribution in [0.2, 0.25) is 5.02 Å². The van der Waals surface area contributed by atoms with Crippen molar-refractivity contribution in [3.05, 3.63) is 88.3 Å². The van der Waals surface area contributed by atoms with Gasteiger partial charge in [0.05, 0.1) is 31.3 Å². The van der Waals surface area contributed by atoms with Crippen LogP contribution >= 0.6 is 22.9 Å². The lowest BCUT2D eigenvalue weighted by Crippen LogP contribution is -2.68. The van der Waals surface area contributed by atoms with Crippen molar-refractivity contribution in [1.29, 1.82) is 0 Å². The summed E-state index contributed by atoms with van der Waals surface area (Å²) in [5.74, 6) is 0.616. The van der Waals surface area contributed by atoms with Gasteiger partial charge in [-0.1, -0.05) is 35.9 Å². The van der Waals surface area contributed by atoms with Crippen molar-refractivity contribution in [2.24, 2.45) is 0 Å². The van der Waals surface area contributed by atoms with E-state index in [0.29, 0.717) is 47.2 Å². The molecular weight excluding hydrogens is 620 g/mol. The fraction of sp³-hybridized carbons (Fsp3) is 0.333. The molecular formula is C33H35ClN2O6S2. The van der Waals surface area contributed by atoms with Crippen LogP contribution in [0.4, 0.5) is 5.69 Å². The number of carbonyl (C=O) groups excluding carboxylic acids is 2. The first-order valence-corrected chi connectivity index (χ1v) is 17.4. The molecule has 0 saturated carbocycles. The van der Waals surface area contributed by atoms with Crippen LogP contribution in [0.3, 0.4) is 0 Å². The Labute approximate surface area is 267 Å². The number of fused-ring (bicyclic) bond motifs is 1. The van der Waals surface area contributed by atoms with Crippen molar-refractivity contribution in [2.75, 3.05) is 43.7 Å². The third-order valence-corrected chi connectivity index (χ3v) is 11.2. The molecule has 2 amide bonds. The van der Waals surface area contributed by atoms with Crippen molar-refractivity contribution in [3.63, 3.8) is 0 Å². The first-order valence-electron chi connectivity index (χ1n) is 14.3. The number of benzene rings is 3. The van der Waals surface area contributed by atoms with Crippen LogP contribution in [0, 0.1) is 0 Å². The molecule has 0 N–H and O–H groups in total. The van der Waals surface area contributed by atoms with Gasteiger partial charge in [-0.25, -0.2) is 8.42 Å². The van der Waals surface area contributed by atoms with Gasteiger partial charge in [-0.2, -0.15) is 0 Å². The van der Waals surface area contributed by atoms with Gasteiger partial charge in [0.25, 0.3) is 11.8 Å². The molecule has 0 aliphatic carbocycles. The Morgan fingerprint density at radius 3 is 2.45 bits per heavy atom. The van der Waals surface area contributed by atoms with Crippen molar-refractivity contribution in [3.8, 4) is 11.5 Å². The number of anilines is 1. The van der Waals surface area contributed by atoms with Crippen molar-refractivity contribution < 1.29 is 27.5 Å². The summed E-state index contributed by atoms with van der Waals surface area (Å²) in [6.07, 6.45) is 1.03. The summed E-state index contributed by atoms with van der Waals surface area (Å²) < 4.78 is 37.8. The summed E-state index contributed by atoms with van der Waals surface area (Å²) in [5.41, 5.74) is 0.892. The van der Waals surface area contributed by atoms with E-state index >= 15 is 0 Å². The van der Waals surface area contributed by atoms with Gasteiger partial charge in [0.15, 0.2) is 9.84 Å². The molecule has 8 nitrogen and oxygen atoms in total. The van der Waals surface area contributed by atoms with Crippen molar-refractivity contribution >= 4 is 60.4 Å². The number of halogens is 1. The first kappa shape index (κ1) is 31.8. The van der Waals surface area contributed by atoms with Gasteiger partial charge >= 0.3 is 0 Å². The molecule has 1 aliphatic rings. The zero-order valence-corrected chi connectivity index (χ0v) is 27.3. The molecule has 1 atom stereocenters. The maximum atomic E-state index is 14.2. The van der Waals surface area contributed by atoms with Crippen molar-refractivity contribution in [2.45, 2.75) is 31.7 Å². The Kier molecular flexibility index (Phi) is 9.53. The van der Waals surface area contributed by atoms with Gasteiger partial charge in [-0.05, 0) is 68.1 Å². The number of amides is 2. The highest BCUT2D eigenvalue weighted by Gasteiger charge is 2.51. The third-order valence-electron chi connectivity index (χ3n) is 8.23. The Hall–Kier alpha value is -3.60. The average molecular weight is 655 g/mol. The zero-order chi connectivity index (χ0) is 31.5. The second kappa shape index (κ2) is 13.2. The lowest BCUT2D eigenvalue weighted by atomic mass is 9.84. The highest BCUT2D eigenvalue weighted by molar-refractivity contribution is 7.91. The van der Waals surface area contributed by atoms with Gasteiger partial charge in [-0.15, -0.1) is 11.3 Å². The van der Waals surface area contributed by atoms with Crippen LogP contribution in [0.15, 0.2) is 72.1 Å². The van der Waals surface area contributed by atoms with Crippen LogP contribution in [0.25, 0.3) is 10.1 Å². The normalized spacial score (nSPS) is 16.4. The molecule has 4 aromatic rings. The van der Waals surface area contributed by atoms with Crippen LogP contribution in [0.5, 0.6) is 11.5 Å². The van der Waals surface area contributed by atoms with Crippen LogP contribution in [0.1, 0.15) is 35.7 Å². The SMILES string of the molecule is COc1ccc(CCS(=O)(=O)CCCN(C(=O)C2(C)CCN2C(=O)c2csc3ccccc23)c2ccc(Cl)cc2)c(OC)c1. The molecule has 1 saturated heterocycles. The van der Waals surface area contributed by atoms with Crippen LogP contribution in [-0.2, 0) is 21.1 Å². The Balaban J connectivity index is 1.29. The van der Waals surface area contributed by atoms with E-state index in [4.69, 9.17) is 21.1 Å². The Bertz CT molecular complexity index is 1770. The number of rotatable bonds is 12. The minimum atomic E-state index is -3.44. The maximum absolute atomic E-state index is 14.2. The van der Waals surface area contributed by atoms with Gasteiger partial charge in [-0.3, -0.25) is 9.59 Å². The lowest BCUT2D eigenvalue weighted by molar-refractivity contribution is -0.134. The second-order valence-electron chi connectivity index (χ2n) is 11.0. The molecule has 232 valence electrons. The first-order chi connectivity index (χ1) is 21.1. The number of nitrogens with zero attached hydrogens (tertiary/aromatic N) is 2. The summed E-state index contributed by atoms with van der Waals surface area (Å²) in [6, 6.07) is 19.9. The van der Waals surface area contributed by atoms with Crippen molar-refractivity contribution in [1.82, 2.24) is 4.90 Å². The molecule has 44 heavy (non-hydrogen) atoms. The molecule has 0 radical (unpaired) electrons. The van der Waals surface area contributed by atoms with E-state index in [-0.39, 0.29) is 36.3 Å². The number of ether oxygens (including phenoxy) is 2. The summed E-state index contributed by atoms with van der Waals surface area (Å²) in [5, 5.41) is 3.24. The Morgan fingerprint density at radius 1 is 1.02 bits per heavy atom. The summed E-state index contributed by atoms with van der Waals surface area (Å²) in [7, 11) is -0.346. The van der Waals surface area contributed by atoms with Gasteiger partial charge < -0.3 is 19.3 Å². The van der Waals surface area contributed by atoms with E-state index in [0.717, 1.165) is 15.6 Å². The highest BCUT2D eigenvalue weighted by Crippen LogP contribution is 2.37. The molecule has 0 spiro atoms. The maximum Gasteiger partial charge on any atom is 0.256 e. The van der Waals surface area contributed by atoms with E-state index < -0.39 is 15.4 Å². The molecule has 3 aromatic carbocycles. The number of hydrogen-bond acceptors (Lipinski definition) is 7. The van der Waals surface area contributed by atoms with Gasteiger partial charge in [0.1, 0.15) is 17.0 Å². The molecule has 1 aromatic heterocycles. The predicted octanol–water partition coefficient (Wildman–Crippen LogP) is 6.26. The van der Waals surface area contributed by atoms with E-state index in [1.54, 1.807) is 66.3 Å². The number of carbonyl (C=O) groups is 2. The summed E-state index contributed by atoms with van der Waals surface area (Å²) in [4.78, 5) is 31.1. The molecule has 1 fully saturated rings. The average Bonchev–Trinajstić information content (AvgIpc) is 3.46. The number of aryl methyl sites for hydroxylation is 1. The largest absolute Gasteiger partial charge is 0.497 e. The van der Waals surface area contributed by atoms with E-state index in [2.05, 4.69) is 0 Å². The van der Waals surface area contributed by atoms with E-state index in [1.807, 2.05) is 29.6 Å². The monoisotopic (exact) mass is 654 g/mol. The number of likely N-dealkylation sites (tertiary alicyclic amines) is 1. The number of sulfone groups is 1. The molecule has 1 unspecified atom stereocenters. The quantitative estimate of drug-likeness (QED) is 0.179. The summed E-state index contributed by atoms with van der Waals surface area (Å²) >= 11 is 7.63. The van der Waals surface area contributed by atoms with E-state index in [9.17, 15) is 18.0 Å². The standard InChI is InChI=1S/C33H35ClN2O6S2/c1-33(16-18-36(33)31(37)28-22-43-30-8-5-4-7-27(28)30)32(38)35(25-12-10-24(34)11-13-25)17-6-19-44(39,40)20-15-23-9-14-26(41-2)21-29(23)42-3/h4-5,7-14,21-22H,6,15-20H2,1-3H3.